The molecule has 0 aromatic heterocycles. The third kappa shape index (κ3) is 3.71. The van der Waals surface area contributed by atoms with E-state index in [1.165, 1.54) is 11.1 Å². The molecule has 3 rings (SSSR count). The van der Waals surface area contributed by atoms with E-state index in [0.717, 1.165) is 12.1 Å². The van der Waals surface area contributed by atoms with Crippen LogP contribution in [0.3, 0.4) is 0 Å². The summed E-state index contributed by atoms with van der Waals surface area (Å²) < 4.78 is 5.82. The average Bonchev–Trinajstić information content (AvgIpc) is 2.59. The summed E-state index contributed by atoms with van der Waals surface area (Å²) in [6, 6.07) is 15.9. The summed E-state index contributed by atoms with van der Waals surface area (Å²) in [5.74, 6) is -0.0576. The molecule has 1 aliphatic heterocycles. The first-order valence-corrected chi connectivity index (χ1v) is 7.87. The van der Waals surface area contributed by atoms with Gasteiger partial charge in [0.05, 0.1) is 12.7 Å². The van der Waals surface area contributed by atoms with Crippen LogP contribution < -0.4 is 10.2 Å². The van der Waals surface area contributed by atoms with Gasteiger partial charge in [0, 0.05) is 38.3 Å². The molecule has 120 valence electrons. The summed E-state index contributed by atoms with van der Waals surface area (Å²) in [6.45, 7) is 1.15. The van der Waals surface area contributed by atoms with Gasteiger partial charge in [-0.15, -0.1) is 0 Å². The van der Waals surface area contributed by atoms with Crippen LogP contribution in [0.1, 0.15) is 21.5 Å². The third-order valence-corrected chi connectivity index (χ3v) is 4.18. The number of nitrogens with one attached hydrogen (secondary N) is 1. The number of carbonyl (C=O) groups excluding carboxylic acids is 1. The van der Waals surface area contributed by atoms with Crippen molar-refractivity contribution in [1.29, 1.82) is 0 Å². The first kappa shape index (κ1) is 15.6. The van der Waals surface area contributed by atoms with Gasteiger partial charge in [-0.1, -0.05) is 24.3 Å². The van der Waals surface area contributed by atoms with Crippen molar-refractivity contribution in [3.63, 3.8) is 0 Å². The van der Waals surface area contributed by atoms with Crippen molar-refractivity contribution >= 4 is 11.6 Å². The van der Waals surface area contributed by atoms with Crippen LogP contribution in [0.15, 0.2) is 48.5 Å². The highest BCUT2D eigenvalue weighted by atomic mass is 16.5. The predicted molar refractivity (Wildman–Crippen MR) is 91.8 cm³/mol. The van der Waals surface area contributed by atoms with Gasteiger partial charge in [0.1, 0.15) is 0 Å². The normalized spacial score (nSPS) is 16.5. The van der Waals surface area contributed by atoms with E-state index in [9.17, 15) is 4.79 Å². The van der Waals surface area contributed by atoms with Crippen molar-refractivity contribution in [1.82, 2.24) is 5.32 Å². The number of ether oxygens (including phenoxy) is 1. The largest absolute Gasteiger partial charge is 0.378 e. The van der Waals surface area contributed by atoms with Crippen LogP contribution in [-0.2, 0) is 17.8 Å². The fourth-order valence-electron chi connectivity index (χ4n) is 2.76. The first-order valence-electron chi connectivity index (χ1n) is 7.87. The molecule has 1 unspecified atom stereocenters. The molecular formula is C19H22N2O2. The van der Waals surface area contributed by atoms with Gasteiger partial charge in [0.15, 0.2) is 0 Å². The fraction of sp³-hybridized carbons (Fsp3) is 0.316. The standard InChI is InChI=1S/C19H22N2O2/c1-21(2)17-9-7-14(8-10-17)19(22)20-12-18-11-15-5-3-4-6-16(15)13-23-18/h3-10,18H,11-13H2,1-2H3,(H,20,22). The highest BCUT2D eigenvalue weighted by molar-refractivity contribution is 5.94. The molecule has 4 heteroatoms. The Morgan fingerprint density at radius 1 is 1.13 bits per heavy atom. The molecule has 1 heterocycles. The third-order valence-electron chi connectivity index (χ3n) is 4.18. The summed E-state index contributed by atoms with van der Waals surface area (Å²) in [5.41, 5.74) is 4.31. The van der Waals surface area contributed by atoms with Crippen molar-refractivity contribution in [3.8, 4) is 0 Å². The van der Waals surface area contributed by atoms with Gasteiger partial charge in [0.25, 0.3) is 5.91 Å². The van der Waals surface area contributed by atoms with Crippen LogP contribution in [-0.4, -0.2) is 32.7 Å². The van der Waals surface area contributed by atoms with E-state index >= 15 is 0 Å². The molecule has 0 saturated heterocycles. The van der Waals surface area contributed by atoms with Gasteiger partial charge in [-0.05, 0) is 35.4 Å². The van der Waals surface area contributed by atoms with Gasteiger partial charge in [-0.2, -0.15) is 0 Å². The lowest BCUT2D eigenvalue weighted by molar-refractivity contribution is 0.0285. The SMILES string of the molecule is CN(C)c1ccc(C(=O)NCC2Cc3ccccc3CO2)cc1. The van der Waals surface area contributed by atoms with Crippen molar-refractivity contribution in [2.24, 2.45) is 0 Å². The second kappa shape index (κ2) is 6.84. The number of hydrogen-bond acceptors (Lipinski definition) is 3. The van der Waals surface area contributed by atoms with E-state index in [2.05, 4.69) is 17.4 Å². The second-order valence-electron chi connectivity index (χ2n) is 6.06. The minimum atomic E-state index is -0.0576. The molecule has 0 bridgehead atoms. The highest BCUT2D eigenvalue weighted by Gasteiger charge is 2.19. The van der Waals surface area contributed by atoms with Gasteiger partial charge < -0.3 is 15.0 Å². The van der Waals surface area contributed by atoms with Gasteiger partial charge in [-0.25, -0.2) is 0 Å². The maximum atomic E-state index is 12.2. The van der Waals surface area contributed by atoms with Crippen LogP contribution in [0.25, 0.3) is 0 Å². The topological polar surface area (TPSA) is 41.6 Å². The van der Waals surface area contributed by atoms with E-state index < -0.39 is 0 Å². The Hall–Kier alpha value is -2.33. The molecule has 4 nitrogen and oxygen atoms in total. The Kier molecular flexibility index (Phi) is 4.63. The maximum Gasteiger partial charge on any atom is 0.251 e. The Bertz CT molecular complexity index is 680. The summed E-state index contributed by atoms with van der Waals surface area (Å²) in [7, 11) is 3.96. The zero-order valence-corrected chi connectivity index (χ0v) is 13.6. The van der Waals surface area contributed by atoms with E-state index in [-0.39, 0.29) is 12.0 Å². The molecule has 1 atom stereocenters. The van der Waals surface area contributed by atoms with Crippen LogP contribution >= 0.6 is 0 Å². The molecule has 23 heavy (non-hydrogen) atoms. The molecule has 0 saturated carbocycles. The quantitative estimate of drug-likeness (QED) is 0.944. The zero-order chi connectivity index (χ0) is 16.2. The van der Waals surface area contributed by atoms with E-state index in [1.807, 2.05) is 55.4 Å². The predicted octanol–water partition coefficient (Wildman–Crippen LogP) is 2.62. The van der Waals surface area contributed by atoms with E-state index in [4.69, 9.17) is 4.74 Å². The minimum absolute atomic E-state index is 0.0369. The maximum absolute atomic E-state index is 12.2. The van der Waals surface area contributed by atoms with Crippen molar-refractivity contribution in [2.75, 3.05) is 25.5 Å². The number of fused-ring (bicyclic) bond motifs is 1. The molecule has 0 aliphatic carbocycles. The number of carbonyl (C=O) groups is 1. The first-order chi connectivity index (χ1) is 11.1. The van der Waals surface area contributed by atoms with Crippen LogP contribution in [0.5, 0.6) is 0 Å². The smallest absolute Gasteiger partial charge is 0.251 e. The van der Waals surface area contributed by atoms with E-state index in [1.54, 1.807) is 0 Å². The van der Waals surface area contributed by atoms with Gasteiger partial charge >= 0.3 is 0 Å². The molecular weight excluding hydrogens is 288 g/mol. The number of hydrogen-bond donors (Lipinski definition) is 1. The Morgan fingerprint density at radius 2 is 1.83 bits per heavy atom. The molecule has 0 radical (unpaired) electrons. The molecule has 2 aromatic carbocycles. The molecule has 1 aliphatic rings. The van der Waals surface area contributed by atoms with Crippen molar-refractivity contribution in [3.05, 3.63) is 65.2 Å². The van der Waals surface area contributed by atoms with Crippen molar-refractivity contribution in [2.45, 2.75) is 19.1 Å². The summed E-state index contributed by atoms with van der Waals surface area (Å²) >= 11 is 0. The Labute approximate surface area is 137 Å². The molecule has 2 aromatic rings. The summed E-state index contributed by atoms with van der Waals surface area (Å²) in [5, 5.41) is 2.97. The summed E-state index contributed by atoms with van der Waals surface area (Å²) in [4.78, 5) is 14.2. The Balaban J connectivity index is 1.55. The second-order valence-corrected chi connectivity index (χ2v) is 6.06. The van der Waals surface area contributed by atoms with E-state index in [0.29, 0.717) is 18.7 Å². The minimum Gasteiger partial charge on any atom is -0.378 e. The average molecular weight is 310 g/mol. The monoisotopic (exact) mass is 310 g/mol. The van der Waals surface area contributed by atoms with Gasteiger partial charge in [0.2, 0.25) is 0 Å². The zero-order valence-electron chi connectivity index (χ0n) is 13.6. The molecule has 1 N–H and O–H groups in total. The fourth-order valence-corrected chi connectivity index (χ4v) is 2.76. The highest BCUT2D eigenvalue weighted by Crippen LogP contribution is 2.20. The summed E-state index contributed by atoms with van der Waals surface area (Å²) in [6.07, 6.45) is 0.880. The van der Waals surface area contributed by atoms with Crippen molar-refractivity contribution < 1.29 is 9.53 Å². The molecule has 1 amide bonds. The number of anilines is 1. The molecule has 0 fully saturated rings. The molecule has 0 spiro atoms. The van der Waals surface area contributed by atoms with Crippen LogP contribution in [0.2, 0.25) is 0 Å². The lowest BCUT2D eigenvalue weighted by atomic mass is 9.99. The number of amides is 1. The van der Waals surface area contributed by atoms with Crippen LogP contribution in [0, 0.1) is 0 Å². The number of rotatable bonds is 4. The Morgan fingerprint density at radius 3 is 2.52 bits per heavy atom. The van der Waals surface area contributed by atoms with Gasteiger partial charge in [-0.3, -0.25) is 4.79 Å². The lowest BCUT2D eigenvalue weighted by Gasteiger charge is -2.25. The van der Waals surface area contributed by atoms with Crippen LogP contribution in [0.4, 0.5) is 5.69 Å². The lowest BCUT2D eigenvalue weighted by Crippen LogP contribution is -2.36. The number of nitrogens with zero attached hydrogens (tertiary/aromatic N) is 1. The number of benzene rings is 2.